The van der Waals surface area contributed by atoms with Crippen LogP contribution in [0.4, 0.5) is 5.82 Å². The summed E-state index contributed by atoms with van der Waals surface area (Å²) in [6, 6.07) is 3.13. The maximum atomic E-state index is 12.2. The molecule has 9 nitrogen and oxygen atoms in total. The van der Waals surface area contributed by atoms with E-state index in [1.54, 1.807) is 18.4 Å². The molecule has 1 amide bonds. The van der Waals surface area contributed by atoms with Crippen molar-refractivity contribution in [3.05, 3.63) is 44.5 Å². The largest absolute Gasteiger partial charge is 0.451 e. The van der Waals surface area contributed by atoms with Crippen LogP contribution >= 0.6 is 34.5 Å². The molecule has 0 aromatic carbocycles. The van der Waals surface area contributed by atoms with Gasteiger partial charge >= 0.3 is 5.97 Å². The summed E-state index contributed by atoms with van der Waals surface area (Å²) in [5.41, 5.74) is 0.969. The van der Waals surface area contributed by atoms with E-state index in [1.807, 2.05) is 0 Å². The summed E-state index contributed by atoms with van der Waals surface area (Å²) < 4.78 is 6.36. The molecule has 0 bridgehead atoms. The minimum Gasteiger partial charge on any atom is -0.451 e. The molecule has 3 aromatic rings. The fourth-order valence-electron chi connectivity index (χ4n) is 1.92. The summed E-state index contributed by atoms with van der Waals surface area (Å²) >= 11 is 13.0. The Labute approximate surface area is 160 Å². The fraction of sp³-hybridized carbons (Fsp3) is 0.143. The smallest absolute Gasteiger partial charge is 0.351 e. The fourth-order valence-corrected chi connectivity index (χ4v) is 3.09. The highest BCUT2D eigenvalue weighted by molar-refractivity contribution is 7.12. The van der Waals surface area contributed by atoms with Crippen molar-refractivity contribution in [3.8, 4) is 5.69 Å². The SMILES string of the molecule is Cc1nc(NC(=O)COC(=O)c2sccc2-n2cnnn2)c(Cl)cc1Cl. The minimum atomic E-state index is -0.674. The van der Waals surface area contributed by atoms with Crippen LogP contribution in [0.15, 0.2) is 23.8 Å². The number of nitrogens with zero attached hydrogens (tertiary/aromatic N) is 5. The lowest BCUT2D eigenvalue weighted by Crippen LogP contribution is -2.22. The Morgan fingerprint density at radius 3 is 2.88 bits per heavy atom. The van der Waals surface area contributed by atoms with Gasteiger partial charge in [-0.2, -0.15) is 4.68 Å². The van der Waals surface area contributed by atoms with Crippen LogP contribution < -0.4 is 5.32 Å². The molecule has 0 unspecified atom stereocenters. The van der Waals surface area contributed by atoms with Crippen molar-refractivity contribution in [3.63, 3.8) is 0 Å². The second-order valence-corrected chi connectivity index (χ2v) is 6.63. The first-order valence-electron chi connectivity index (χ1n) is 7.06. The maximum absolute atomic E-state index is 12.2. The predicted octanol–water partition coefficient (Wildman–Crippen LogP) is 2.53. The molecule has 0 aliphatic heterocycles. The average Bonchev–Trinajstić information content (AvgIpc) is 3.28. The number of halogens is 2. The first-order chi connectivity index (χ1) is 12.5. The van der Waals surface area contributed by atoms with Gasteiger partial charge < -0.3 is 10.1 Å². The number of carbonyl (C=O) groups is 2. The summed E-state index contributed by atoms with van der Waals surface area (Å²) in [4.78, 5) is 28.6. The van der Waals surface area contributed by atoms with E-state index in [9.17, 15) is 9.59 Å². The van der Waals surface area contributed by atoms with Crippen molar-refractivity contribution in [2.24, 2.45) is 0 Å². The molecule has 0 fully saturated rings. The highest BCUT2D eigenvalue weighted by atomic mass is 35.5. The molecule has 3 aromatic heterocycles. The van der Waals surface area contributed by atoms with E-state index in [1.165, 1.54) is 17.1 Å². The zero-order chi connectivity index (χ0) is 18.7. The third kappa shape index (κ3) is 3.98. The van der Waals surface area contributed by atoms with Crippen LogP contribution in [0.25, 0.3) is 5.69 Å². The van der Waals surface area contributed by atoms with E-state index >= 15 is 0 Å². The Kier molecular flexibility index (Phi) is 5.45. The number of thiophene rings is 1. The molecule has 0 aliphatic rings. The molecule has 134 valence electrons. The van der Waals surface area contributed by atoms with Gasteiger partial charge in [-0.05, 0) is 34.9 Å². The van der Waals surface area contributed by atoms with Crippen molar-refractivity contribution in [1.29, 1.82) is 0 Å². The monoisotopic (exact) mass is 412 g/mol. The van der Waals surface area contributed by atoms with Gasteiger partial charge in [0.25, 0.3) is 5.91 Å². The van der Waals surface area contributed by atoms with E-state index in [-0.39, 0.29) is 15.7 Å². The molecule has 3 rings (SSSR count). The second-order valence-electron chi connectivity index (χ2n) is 4.90. The molecule has 0 atom stereocenters. The van der Waals surface area contributed by atoms with Crippen molar-refractivity contribution in [1.82, 2.24) is 25.2 Å². The number of nitrogens with one attached hydrogen (secondary N) is 1. The van der Waals surface area contributed by atoms with E-state index < -0.39 is 18.5 Å². The molecule has 0 saturated heterocycles. The molecule has 0 aliphatic carbocycles. The van der Waals surface area contributed by atoms with Crippen LogP contribution in [0.2, 0.25) is 10.0 Å². The highest BCUT2D eigenvalue weighted by Gasteiger charge is 2.19. The quantitative estimate of drug-likeness (QED) is 0.640. The summed E-state index contributed by atoms with van der Waals surface area (Å²) in [6.45, 7) is 1.16. The van der Waals surface area contributed by atoms with E-state index in [0.717, 1.165) is 11.3 Å². The number of aryl methyl sites for hydroxylation is 1. The van der Waals surface area contributed by atoms with Crippen molar-refractivity contribution < 1.29 is 14.3 Å². The van der Waals surface area contributed by atoms with Gasteiger partial charge in [0.1, 0.15) is 11.2 Å². The normalized spacial score (nSPS) is 10.6. The van der Waals surface area contributed by atoms with Crippen LogP contribution in [0, 0.1) is 6.92 Å². The Balaban J connectivity index is 1.63. The lowest BCUT2D eigenvalue weighted by atomic mass is 10.3. The molecule has 26 heavy (non-hydrogen) atoms. The van der Waals surface area contributed by atoms with Crippen molar-refractivity contribution in [2.75, 3.05) is 11.9 Å². The van der Waals surface area contributed by atoms with Gasteiger partial charge in [-0.1, -0.05) is 23.2 Å². The summed E-state index contributed by atoms with van der Waals surface area (Å²) in [6.07, 6.45) is 1.35. The van der Waals surface area contributed by atoms with Crippen LogP contribution in [-0.4, -0.2) is 43.7 Å². The molecule has 3 heterocycles. The van der Waals surface area contributed by atoms with Gasteiger partial charge in [-0.15, -0.1) is 16.4 Å². The van der Waals surface area contributed by atoms with Crippen LogP contribution in [-0.2, 0) is 9.53 Å². The van der Waals surface area contributed by atoms with Gasteiger partial charge in [0.2, 0.25) is 0 Å². The summed E-state index contributed by atoms with van der Waals surface area (Å²) in [5, 5.41) is 15.5. The lowest BCUT2D eigenvalue weighted by molar-refractivity contribution is -0.119. The second kappa shape index (κ2) is 7.77. The van der Waals surface area contributed by atoms with Gasteiger partial charge in [0.15, 0.2) is 12.4 Å². The standard InChI is InChI=1S/C14H10Cl2N6O3S/c1-7-8(15)4-9(16)13(18-7)19-11(23)5-25-14(24)12-10(2-3-26-12)22-6-17-20-21-22/h2-4,6H,5H2,1H3,(H,18,19,23). The molecule has 12 heteroatoms. The van der Waals surface area contributed by atoms with Crippen LogP contribution in [0.1, 0.15) is 15.4 Å². The number of rotatable bonds is 5. The molecular formula is C14H10Cl2N6O3S. The number of tetrazole rings is 1. The minimum absolute atomic E-state index is 0.139. The van der Waals surface area contributed by atoms with Gasteiger partial charge in [0.05, 0.1) is 21.4 Å². The van der Waals surface area contributed by atoms with Crippen LogP contribution in [0.3, 0.4) is 0 Å². The number of hydrogen-bond donors (Lipinski definition) is 1. The first kappa shape index (κ1) is 18.2. The number of carbonyl (C=O) groups excluding carboxylic acids is 2. The van der Waals surface area contributed by atoms with Crippen molar-refractivity contribution in [2.45, 2.75) is 6.92 Å². The number of hydrogen-bond acceptors (Lipinski definition) is 8. The van der Waals surface area contributed by atoms with E-state index in [4.69, 9.17) is 27.9 Å². The Hall–Kier alpha value is -2.56. The number of aromatic nitrogens is 5. The summed E-state index contributed by atoms with van der Waals surface area (Å²) in [5.74, 6) is -1.12. The zero-order valence-electron chi connectivity index (χ0n) is 13.1. The third-order valence-corrected chi connectivity index (χ3v) is 4.68. The number of pyridine rings is 1. The lowest BCUT2D eigenvalue weighted by Gasteiger charge is -2.09. The van der Waals surface area contributed by atoms with E-state index in [0.29, 0.717) is 16.4 Å². The molecule has 0 spiro atoms. The van der Waals surface area contributed by atoms with Crippen LogP contribution in [0.5, 0.6) is 0 Å². The molecular weight excluding hydrogens is 403 g/mol. The van der Waals surface area contributed by atoms with Crippen molar-refractivity contribution >= 4 is 52.2 Å². The zero-order valence-corrected chi connectivity index (χ0v) is 15.5. The Morgan fingerprint density at radius 1 is 1.35 bits per heavy atom. The third-order valence-electron chi connectivity index (χ3n) is 3.12. The highest BCUT2D eigenvalue weighted by Crippen LogP contribution is 2.25. The number of amides is 1. The van der Waals surface area contributed by atoms with Gasteiger partial charge in [-0.25, -0.2) is 9.78 Å². The number of ether oxygens (including phenoxy) is 1. The Morgan fingerprint density at radius 2 is 2.15 bits per heavy atom. The number of esters is 1. The summed E-state index contributed by atoms with van der Waals surface area (Å²) in [7, 11) is 0. The average molecular weight is 413 g/mol. The number of anilines is 1. The molecule has 0 saturated carbocycles. The molecule has 0 radical (unpaired) electrons. The van der Waals surface area contributed by atoms with E-state index in [2.05, 4.69) is 25.8 Å². The Bertz CT molecular complexity index is 960. The first-order valence-corrected chi connectivity index (χ1v) is 8.69. The van der Waals surface area contributed by atoms with Gasteiger partial charge in [0, 0.05) is 0 Å². The predicted molar refractivity (Wildman–Crippen MR) is 94.9 cm³/mol. The molecule has 1 N–H and O–H groups in total. The van der Waals surface area contributed by atoms with Gasteiger partial charge in [-0.3, -0.25) is 4.79 Å². The topological polar surface area (TPSA) is 112 Å². The maximum Gasteiger partial charge on any atom is 0.351 e.